The second-order valence-electron chi connectivity index (χ2n) is 8.22. The van der Waals surface area contributed by atoms with Crippen molar-refractivity contribution in [1.29, 1.82) is 0 Å². The van der Waals surface area contributed by atoms with E-state index in [2.05, 4.69) is 24.7 Å². The molecule has 0 fully saturated rings. The van der Waals surface area contributed by atoms with Crippen LogP contribution in [0.25, 0.3) is 0 Å². The molecule has 2 aromatic carbocycles. The molecule has 0 spiro atoms. The molecule has 7 heteroatoms. The quantitative estimate of drug-likeness (QED) is 0.269. The molecule has 0 aliphatic heterocycles. The zero-order valence-corrected chi connectivity index (χ0v) is 19.5. The van der Waals surface area contributed by atoms with Gasteiger partial charge in [0.2, 0.25) is 5.91 Å². The van der Waals surface area contributed by atoms with Gasteiger partial charge in [-0.15, -0.1) is 0 Å². The Labute approximate surface area is 195 Å². The summed E-state index contributed by atoms with van der Waals surface area (Å²) in [6.07, 6.45) is 3.19. The predicted octanol–water partition coefficient (Wildman–Crippen LogP) is 4.22. The number of aryl methyl sites for hydroxylation is 1. The van der Waals surface area contributed by atoms with E-state index in [9.17, 15) is 14.4 Å². The zero-order chi connectivity index (χ0) is 23.9. The molecule has 2 N–H and O–H groups in total. The molecule has 7 nitrogen and oxygen atoms in total. The number of carbonyl (C=O) groups excluding carboxylic acids is 3. The lowest BCUT2D eigenvalue weighted by molar-refractivity contribution is -0.143. The maximum atomic E-state index is 12.2. The van der Waals surface area contributed by atoms with Gasteiger partial charge < -0.3 is 9.47 Å². The van der Waals surface area contributed by atoms with Crippen LogP contribution in [0.15, 0.2) is 54.6 Å². The number of amides is 2. The Bertz CT molecular complexity index is 866. The molecule has 0 saturated carbocycles. The van der Waals surface area contributed by atoms with Crippen molar-refractivity contribution < 1.29 is 23.9 Å². The van der Waals surface area contributed by atoms with Gasteiger partial charge in [-0.2, -0.15) is 0 Å². The van der Waals surface area contributed by atoms with Crippen molar-refractivity contribution in [2.45, 2.75) is 52.4 Å². The van der Waals surface area contributed by atoms with Gasteiger partial charge in [0, 0.05) is 18.4 Å². The number of nitrogens with one attached hydrogen (secondary N) is 2. The summed E-state index contributed by atoms with van der Waals surface area (Å²) in [5.74, 6) is 0.150. The van der Waals surface area contributed by atoms with E-state index < -0.39 is 5.91 Å². The highest BCUT2D eigenvalue weighted by molar-refractivity contribution is 5.95. The molecule has 0 unspecified atom stereocenters. The van der Waals surface area contributed by atoms with Gasteiger partial charge in [0.1, 0.15) is 5.75 Å². The molecule has 0 aromatic heterocycles. The van der Waals surface area contributed by atoms with Crippen LogP contribution in [0.3, 0.4) is 0 Å². The summed E-state index contributed by atoms with van der Waals surface area (Å²) in [6.45, 7) is 5.24. The van der Waals surface area contributed by atoms with E-state index in [1.807, 2.05) is 30.3 Å². The van der Waals surface area contributed by atoms with Crippen molar-refractivity contribution >= 4 is 17.8 Å². The molecule has 0 bridgehead atoms. The monoisotopic (exact) mass is 454 g/mol. The van der Waals surface area contributed by atoms with Crippen molar-refractivity contribution in [1.82, 2.24) is 10.9 Å². The number of hydrogen-bond acceptors (Lipinski definition) is 5. The lowest BCUT2D eigenvalue weighted by atomic mass is 10.1. The number of hydrogen-bond donors (Lipinski definition) is 2. The van der Waals surface area contributed by atoms with Crippen molar-refractivity contribution in [3.63, 3.8) is 0 Å². The third-order valence-corrected chi connectivity index (χ3v) is 4.90. The fraction of sp³-hybridized carbons (Fsp3) is 0.423. The minimum Gasteiger partial charge on any atom is -0.494 e. The molecule has 2 aromatic rings. The molecule has 0 radical (unpaired) electrons. The van der Waals surface area contributed by atoms with Crippen molar-refractivity contribution in [2.75, 3.05) is 13.2 Å². The van der Waals surface area contributed by atoms with E-state index in [0.29, 0.717) is 36.9 Å². The molecule has 33 heavy (non-hydrogen) atoms. The second-order valence-corrected chi connectivity index (χ2v) is 8.22. The van der Waals surface area contributed by atoms with Gasteiger partial charge in [0.15, 0.2) is 0 Å². The topological polar surface area (TPSA) is 93.7 Å². The summed E-state index contributed by atoms with van der Waals surface area (Å²) in [6, 6.07) is 16.7. The maximum Gasteiger partial charge on any atom is 0.305 e. The largest absolute Gasteiger partial charge is 0.494 e. The number of esters is 1. The molecule has 178 valence electrons. The first kappa shape index (κ1) is 25.9. The molecular formula is C26H34N2O5. The van der Waals surface area contributed by atoms with Crippen LogP contribution in [0.4, 0.5) is 0 Å². The summed E-state index contributed by atoms with van der Waals surface area (Å²) in [5, 5.41) is 0. The van der Waals surface area contributed by atoms with E-state index in [1.54, 1.807) is 24.3 Å². The van der Waals surface area contributed by atoms with Gasteiger partial charge >= 0.3 is 5.97 Å². The number of carbonyl (C=O) groups is 3. The van der Waals surface area contributed by atoms with Crippen LogP contribution >= 0.6 is 0 Å². The third-order valence-electron chi connectivity index (χ3n) is 4.90. The first-order chi connectivity index (χ1) is 15.9. The first-order valence-corrected chi connectivity index (χ1v) is 11.5. The molecule has 0 atom stereocenters. The highest BCUT2D eigenvalue weighted by Crippen LogP contribution is 2.13. The Morgan fingerprint density at radius 1 is 0.848 bits per heavy atom. The van der Waals surface area contributed by atoms with Gasteiger partial charge in [-0.05, 0) is 61.4 Å². The molecule has 2 rings (SSSR count). The standard InChI is InChI=1S/C26H34N2O5/c1-20(2)17-19-32-23-15-13-22(14-16-23)26(31)28-27-24(29)11-6-12-25(30)33-18-7-10-21-8-4-3-5-9-21/h3-5,8-9,13-16,20H,6-7,10-12,17-19H2,1-2H3,(H,27,29)(H,28,31). The Balaban J connectivity index is 1.55. The predicted molar refractivity (Wildman–Crippen MR) is 127 cm³/mol. The van der Waals surface area contributed by atoms with Gasteiger partial charge in [0.05, 0.1) is 13.2 Å². The number of ether oxygens (including phenoxy) is 2. The highest BCUT2D eigenvalue weighted by atomic mass is 16.5. The van der Waals surface area contributed by atoms with Crippen LogP contribution in [-0.4, -0.2) is 31.0 Å². The smallest absolute Gasteiger partial charge is 0.305 e. The van der Waals surface area contributed by atoms with E-state index in [0.717, 1.165) is 19.3 Å². The zero-order valence-electron chi connectivity index (χ0n) is 19.5. The fourth-order valence-electron chi connectivity index (χ4n) is 2.95. The van der Waals surface area contributed by atoms with Crippen LogP contribution in [0.2, 0.25) is 0 Å². The molecule has 0 heterocycles. The van der Waals surface area contributed by atoms with Gasteiger partial charge in [-0.3, -0.25) is 25.2 Å². The van der Waals surface area contributed by atoms with Gasteiger partial charge in [-0.25, -0.2) is 0 Å². The lowest BCUT2D eigenvalue weighted by Gasteiger charge is -2.10. The van der Waals surface area contributed by atoms with Crippen LogP contribution in [0.1, 0.15) is 61.9 Å². The van der Waals surface area contributed by atoms with E-state index in [-0.39, 0.29) is 24.7 Å². The molecular weight excluding hydrogens is 420 g/mol. The second kappa shape index (κ2) is 14.7. The summed E-state index contributed by atoms with van der Waals surface area (Å²) in [5.41, 5.74) is 6.36. The van der Waals surface area contributed by atoms with Crippen LogP contribution in [0.5, 0.6) is 5.75 Å². The van der Waals surface area contributed by atoms with Crippen molar-refractivity contribution in [3.05, 3.63) is 65.7 Å². The van der Waals surface area contributed by atoms with Crippen LogP contribution in [0, 0.1) is 5.92 Å². The molecule has 0 aliphatic carbocycles. The first-order valence-electron chi connectivity index (χ1n) is 11.5. The Kier molecular flexibility index (Phi) is 11.5. The minimum absolute atomic E-state index is 0.113. The fourth-order valence-corrected chi connectivity index (χ4v) is 2.95. The Morgan fingerprint density at radius 3 is 2.27 bits per heavy atom. The Hall–Kier alpha value is -3.35. The van der Waals surface area contributed by atoms with E-state index >= 15 is 0 Å². The van der Waals surface area contributed by atoms with Crippen molar-refractivity contribution in [2.24, 2.45) is 5.92 Å². The summed E-state index contributed by atoms with van der Waals surface area (Å²) in [7, 11) is 0. The van der Waals surface area contributed by atoms with Gasteiger partial charge in [0.25, 0.3) is 5.91 Å². The summed E-state index contributed by atoms with van der Waals surface area (Å²) >= 11 is 0. The molecule has 0 saturated heterocycles. The average molecular weight is 455 g/mol. The Morgan fingerprint density at radius 2 is 1.58 bits per heavy atom. The molecule has 0 aliphatic rings. The van der Waals surface area contributed by atoms with Crippen molar-refractivity contribution in [3.8, 4) is 5.75 Å². The normalized spacial score (nSPS) is 10.5. The minimum atomic E-state index is -0.421. The SMILES string of the molecule is CC(C)CCOc1ccc(C(=O)NNC(=O)CCCC(=O)OCCCc2ccccc2)cc1. The van der Waals surface area contributed by atoms with Crippen LogP contribution < -0.4 is 15.6 Å². The summed E-state index contributed by atoms with van der Waals surface area (Å²) < 4.78 is 10.8. The average Bonchev–Trinajstić information content (AvgIpc) is 2.81. The van der Waals surface area contributed by atoms with Gasteiger partial charge in [-0.1, -0.05) is 44.2 Å². The highest BCUT2D eigenvalue weighted by Gasteiger charge is 2.09. The van der Waals surface area contributed by atoms with E-state index in [4.69, 9.17) is 9.47 Å². The lowest BCUT2D eigenvalue weighted by Crippen LogP contribution is -2.41. The maximum absolute atomic E-state index is 12.2. The number of rotatable bonds is 13. The summed E-state index contributed by atoms with van der Waals surface area (Å²) in [4.78, 5) is 35.8. The third kappa shape index (κ3) is 11.2. The van der Waals surface area contributed by atoms with Crippen LogP contribution in [-0.2, 0) is 20.7 Å². The number of hydrazine groups is 1. The molecule has 2 amide bonds. The van der Waals surface area contributed by atoms with E-state index in [1.165, 1.54) is 5.56 Å². The number of benzene rings is 2.